The van der Waals surface area contributed by atoms with Crippen LogP contribution in [0.15, 0.2) is 70.7 Å². The van der Waals surface area contributed by atoms with E-state index in [-0.39, 0.29) is 5.57 Å². The summed E-state index contributed by atoms with van der Waals surface area (Å²) in [6.45, 7) is 6.70. The van der Waals surface area contributed by atoms with Gasteiger partial charge < -0.3 is 14.8 Å². The highest BCUT2D eigenvalue weighted by Crippen LogP contribution is 2.35. The van der Waals surface area contributed by atoms with Gasteiger partial charge in [-0.05, 0) is 67.8 Å². The third-order valence-corrected chi connectivity index (χ3v) is 5.51. The van der Waals surface area contributed by atoms with Crippen LogP contribution in [0.3, 0.4) is 0 Å². The number of nitrogens with zero attached hydrogens (tertiary/aromatic N) is 1. The number of nitrogens with one attached hydrogen (secondary N) is 1. The zero-order chi connectivity index (χ0) is 23.8. The summed E-state index contributed by atoms with van der Waals surface area (Å²) < 4.78 is 12.4. The highest BCUT2D eigenvalue weighted by molar-refractivity contribution is 9.10. The number of hydrogen-bond acceptors (Lipinski definition) is 4. The number of anilines is 1. The summed E-state index contributed by atoms with van der Waals surface area (Å²) in [5, 5.41) is 12.4. The normalized spacial score (nSPS) is 10.9. The van der Waals surface area contributed by atoms with E-state index in [0.29, 0.717) is 40.4 Å². The Hall–Kier alpha value is -3.56. The maximum absolute atomic E-state index is 12.7. The second-order valence-electron chi connectivity index (χ2n) is 7.52. The number of carbonyl (C=O) groups excluding carboxylic acids is 1. The van der Waals surface area contributed by atoms with Gasteiger partial charge in [-0.2, -0.15) is 5.26 Å². The third kappa shape index (κ3) is 6.71. The molecule has 0 aromatic heterocycles. The molecule has 0 fully saturated rings. The number of amides is 1. The number of halogens is 1. The van der Waals surface area contributed by atoms with Crippen LogP contribution in [0.25, 0.3) is 6.08 Å². The minimum absolute atomic E-state index is 0.0204. The van der Waals surface area contributed by atoms with E-state index in [9.17, 15) is 10.1 Å². The van der Waals surface area contributed by atoms with Gasteiger partial charge in [-0.3, -0.25) is 4.79 Å². The summed E-state index contributed by atoms with van der Waals surface area (Å²) in [4.78, 5) is 12.7. The number of aryl methyl sites for hydroxylation is 2. The summed E-state index contributed by atoms with van der Waals surface area (Å²) in [5.74, 6) is 0.632. The van der Waals surface area contributed by atoms with E-state index in [2.05, 4.69) is 21.2 Å². The Morgan fingerprint density at radius 1 is 1.03 bits per heavy atom. The number of carbonyl (C=O) groups is 1. The van der Waals surface area contributed by atoms with Gasteiger partial charge in [0.1, 0.15) is 18.2 Å². The van der Waals surface area contributed by atoms with Crippen LogP contribution in [0.5, 0.6) is 11.5 Å². The van der Waals surface area contributed by atoms with Crippen molar-refractivity contribution in [2.45, 2.75) is 27.4 Å². The molecule has 0 radical (unpaired) electrons. The summed E-state index contributed by atoms with van der Waals surface area (Å²) in [6.07, 6.45) is 1.53. The maximum atomic E-state index is 12.7. The standard InChI is InChI=1S/C27H25BrN2O3/c1-4-32-25-14-21(13-22(16-29)27(31)30-23-7-5-6-19(3)12-23)24(28)15-26(25)33-17-20-10-8-18(2)9-11-20/h5-15H,4,17H2,1-3H3,(H,30,31)/b22-13+. The molecule has 0 aliphatic carbocycles. The zero-order valence-electron chi connectivity index (χ0n) is 18.8. The van der Waals surface area contributed by atoms with Gasteiger partial charge in [-0.25, -0.2) is 0 Å². The van der Waals surface area contributed by atoms with E-state index in [1.807, 2.05) is 69.3 Å². The Kier molecular flexibility index (Phi) is 8.28. The summed E-state index contributed by atoms with van der Waals surface area (Å²) in [5.41, 5.74) is 4.50. The largest absolute Gasteiger partial charge is 0.490 e. The lowest BCUT2D eigenvalue weighted by atomic mass is 10.1. The molecule has 3 aromatic carbocycles. The highest BCUT2D eigenvalue weighted by atomic mass is 79.9. The average molecular weight is 505 g/mol. The maximum Gasteiger partial charge on any atom is 0.266 e. The van der Waals surface area contributed by atoms with E-state index < -0.39 is 5.91 Å². The highest BCUT2D eigenvalue weighted by Gasteiger charge is 2.14. The number of rotatable bonds is 8. The fourth-order valence-corrected chi connectivity index (χ4v) is 3.55. The topological polar surface area (TPSA) is 71.3 Å². The minimum Gasteiger partial charge on any atom is -0.490 e. The quantitative estimate of drug-likeness (QED) is 0.277. The van der Waals surface area contributed by atoms with Crippen molar-refractivity contribution in [1.29, 1.82) is 5.26 Å². The molecule has 0 spiro atoms. The molecule has 0 atom stereocenters. The third-order valence-electron chi connectivity index (χ3n) is 4.82. The van der Waals surface area contributed by atoms with Crippen molar-refractivity contribution in [3.8, 4) is 17.6 Å². The van der Waals surface area contributed by atoms with Crippen molar-refractivity contribution in [1.82, 2.24) is 0 Å². The zero-order valence-corrected chi connectivity index (χ0v) is 20.4. The van der Waals surface area contributed by atoms with Gasteiger partial charge in [-0.1, -0.05) is 57.9 Å². The lowest BCUT2D eigenvalue weighted by Crippen LogP contribution is -2.13. The molecular weight excluding hydrogens is 480 g/mol. The van der Waals surface area contributed by atoms with Crippen LogP contribution in [0.4, 0.5) is 5.69 Å². The van der Waals surface area contributed by atoms with E-state index >= 15 is 0 Å². The molecule has 0 aliphatic rings. The van der Waals surface area contributed by atoms with Crippen molar-refractivity contribution >= 4 is 33.6 Å². The first-order chi connectivity index (χ1) is 15.9. The van der Waals surface area contributed by atoms with Gasteiger partial charge >= 0.3 is 0 Å². The van der Waals surface area contributed by atoms with Gasteiger partial charge in [0.2, 0.25) is 0 Å². The number of ether oxygens (including phenoxy) is 2. The Morgan fingerprint density at radius 3 is 2.42 bits per heavy atom. The van der Waals surface area contributed by atoms with Gasteiger partial charge in [0.15, 0.2) is 11.5 Å². The van der Waals surface area contributed by atoms with E-state index in [4.69, 9.17) is 9.47 Å². The molecule has 168 valence electrons. The smallest absolute Gasteiger partial charge is 0.266 e. The molecule has 6 heteroatoms. The Bertz CT molecular complexity index is 1210. The summed E-state index contributed by atoms with van der Waals surface area (Å²) in [7, 11) is 0. The fourth-order valence-electron chi connectivity index (χ4n) is 3.11. The molecule has 1 N–H and O–H groups in total. The van der Waals surface area contributed by atoms with Crippen molar-refractivity contribution in [2.24, 2.45) is 0 Å². The van der Waals surface area contributed by atoms with Gasteiger partial charge in [0.05, 0.1) is 6.61 Å². The predicted octanol–water partition coefficient (Wildman–Crippen LogP) is 6.59. The molecule has 0 saturated carbocycles. The second kappa shape index (κ2) is 11.3. The van der Waals surface area contributed by atoms with Crippen LogP contribution in [-0.2, 0) is 11.4 Å². The molecule has 0 bridgehead atoms. The summed E-state index contributed by atoms with van der Waals surface area (Å²) >= 11 is 3.53. The Labute approximate surface area is 202 Å². The average Bonchev–Trinajstić information content (AvgIpc) is 2.79. The first kappa shape index (κ1) is 24.1. The molecule has 0 saturated heterocycles. The number of hydrogen-bond donors (Lipinski definition) is 1. The fraction of sp³-hybridized carbons (Fsp3) is 0.185. The molecule has 0 unspecified atom stereocenters. The molecular formula is C27H25BrN2O3. The molecule has 1 amide bonds. The van der Waals surface area contributed by atoms with Crippen molar-refractivity contribution in [2.75, 3.05) is 11.9 Å². The van der Waals surface area contributed by atoms with E-state index in [0.717, 1.165) is 11.1 Å². The molecule has 0 aliphatic heterocycles. The Morgan fingerprint density at radius 2 is 1.76 bits per heavy atom. The summed E-state index contributed by atoms with van der Waals surface area (Å²) in [6, 6.07) is 21.1. The second-order valence-corrected chi connectivity index (χ2v) is 8.38. The van der Waals surface area contributed by atoms with Gasteiger partial charge in [-0.15, -0.1) is 0 Å². The van der Waals surface area contributed by atoms with E-state index in [1.54, 1.807) is 18.2 Å². The SMILES string of the molecule is CCOc1cc(/C=C(\C#N)C(=O)Nc2cccc(C)c2)c(Br)cc1OCc1ccc(C)cc1. The van der Waals surface area contributed by atoms with Crippen LogP contribution < -0.4 is 14.8 Å². The lowest BCUT2D eigenvalue weighted by Gasteiger charge is -2.14. The Balaban J connectivity index is 1.84. The molecule has 5 nitrogen and oxygen atoms in total. The minimum atomic E-state index is -0.479. The number of benzene rings is 3. The predicted molar refractivity (Wildman–Crippen MR) is 134 cm³/mol. The van der Waals surface area contributed by atoms with Crippen LogP contribution in [0, 0.1) is 25.2 Å². The van der Waals surface area contributed by atoms with Crippen LogP contribution in [0.2, 0.25) is 0 Å². The molecule has 3 rings (SSSR count). The van der Waals surface area contributed by atoms with Gasteiger partial charge in [0, 0.05) is 10.2 Å². The lowest BCUT2D eigenvalue weighted by molar-refractivity contribution is -0.112. The van der Waals surface area contributed by atoms with Crippen molar-refractivity contribution in [3.05, 3.63) is 93.0 Å². The van der Waals surface area contributed by atoms with E-state index in [1.165, 1.54) is 11.6 Å². The molecule has 0 heterocycles. The van der Waals surface area contributed by atoms with Crippen molar-refractivity contribution < 1.29 is 14.3 Å². The first-order valence-electron chi connectivity index (χ1n) is 10.5. The molecule has 3 aromatic rings. The van der Waals surface area contributed by atoms with Gasteiger partial charge in [0.25, 0.3) is 5.91 Å². The van der Waals surface area contributed by atoms with Crippen LogP contribution in [-0.4, -0.2) is 12.5 Å². The monoisotopic (exact) mass is 504 g/mol. The number of nitriles is 1. The van der Waals surface area contributed by atoms with Crippen molar-refractivity contribution in [3.63, 3.8) is 0 Å². The molecule has 33 heavy (non-hydrogen) atoms. The first-order valence-corrected chi connectivity index (χ1v) is 11.3. The van der Waals surface area contributed by atoms with Crippen LogP contribution in [0.1, 0.15) is 29.2 Å². The van der Waals surface area contributed by atoms with Crippen LogP contribution >= 0.6 is 15.9 Å².